The number of rotatable bonds is 4. The van der Waals surface area contributed by atoms with Gasteiger partial charge < -0.3 is 14.4 Å². The van der Waals surface area contributed by atoms with Crippen molar-refractivity contribution in [3.8, 4) is 0 Å². The fourth-order valence-electron chi connectivity index (χ4n) is 1.85. The predicted octanol–water partition coefficient (Wildman–Crippen LogP) is 3.02. The molecule has 4 nitrogen and oxygen atoms in total. The summed E-state index contributed by atoms with van der Waals surface area (Å²) in [7, 11) is -2.90. The number of para-hydroxylation sites is 1. The Morgan fingerprint density at radius 2 is 2.25 bits per heavy atom. The Morgan fingerprint density at radius 1 is 1.50 bits per heavy atom. The Kier molecular flexibility index (Phi) is 3.44. The Morgan fingerprint density at radius 3 is 2.94 bits per heavy atom. The van der Waals surface area contributed by atoms with Gasteiger partial charge in [0.15, 0.2) is 0 Å². The number of hydrogen-bond acceptors (Lipinski definition) is 2. The summed E-state index contributed by atoms with van der Waals surface area (Å²) < 4.78 is 15.8. The Bertz CT molecular complexity index is 509. The van der Waals surface area contributed by atoms with Gasteiger partial charge in [-0.1, -0.05) is 25.1 Å². The molecular formula is C11H14NO3P. The van der Waals surface area contributed by atoms with Crippen LogP contribution < -0.4 is 0 Å². The lowest BCUT2D eigenvalue weighted by Crippen LogP contribution is -1.96. The van der Waals surface area contributed by atoms with Crippen molar-refractivity contribution in [2.45, 2.75) is 19.4 Å². The van der Waals surface area contributed by atoms with Gasteiger partial charge in [-0.2, -0.15) is 0 Å². The number of H-pyrrole nitrogens is 1. The first-order chi connectivity index (χ1) is 7.72. The molecule has 2 atom stereocenters. The smallest absolute Gasteiger partial charge is 0.317 e. The van der Waals surface area contributed by atoms with Crippen LogP contribution in [0.25, 0.3) is 10.9 Å². The standard InChI is InChI=1S/C11H14NO3P/c1-2-11(15-16(13)14)9-7-12-10-6-4-3-5-8(9)10/h3-7,11-12,16H,2H2,1H3,(H,13,14). The van der Waals surface area contributed by atoms with Crippen molar-refractivity contribution >= 4 is 19.2 Å². The van der Waals surface area contributed by atoms with E-state index in [0.717, 1.165) is 16.5 Å². The number of hydrogen-bond donors (Lipinski definition) is 2. The Hall–Kier alpha value is -1.09. The van der Waals surface area contributed by atoms with Crippen molar-refractivity contribution in [3.05, 3.63) is 36.0 Å². The molecule has 0 bridgehead atoms. The Balaban J connectivity index is 2.41. The highest BCUT2D eigenvalue weighted by Gasteiger charge is 2.16. The van der Waals surface area contributed by atoms with Crippen LogP contribution in [0.5, 0.6) is 0 Å². The third-order valence-electron chi connectivity index (χ3n) is 2.58. The van der Waals surface area contributed by atoms with Gasteiger partial charge in [-0.05, 0) is 12.5 Å². The van der Waals surface area contributed by atoms with Crippen LogP contribution in [0.1, 0.15) is 25.0 Å². The maximum atomic E-state index is 10.8. The SMILES string of the molecule is CCC(O[PH](=O)O)c1c[nH]c2ccccc12. The Labute approximate surface area is 94.2 Å². The molecule has 0 radical (unpaired) electrons. The van der Waals surface area contributed by atoms with E-state index in [1.165, 1.54) is 0 Å². The molecule has 2 rings (SSSR count). The molecule has 1 heterocycles. The molecular weight excluding hydrogens is 225 g/mol. The van der Waals surface area contributed by atoms with E-state index < -0.39 is 8.25 Å². The zero-order chi connectivity index (χ0) is 11.5. The summed E-state index contributed by atoms with van der Waals surface area (Å²) in [6, 6.07) is 7.82. The molecule has 86 valence electrons. The van der Waals surface area contributed by atoms with Crippen LogP contribution in [0, 0.1) is 0 Å². The molecule has 2 aromatic rings. The number of fused-ring (bicyclic) bond motifs is 1. The first kappa shape index (κ1) is 11.4. The predicted molar refractivity (Wildman–Crippen MR) is 63.6 cm³/mol. The third kappa shape index (κ3) is 2.19. The average Bonchev–Trinajstić information content (AvgIpc) is 2.69. The molecule has 0 amide bonds. The monoisotopic (exact) mass is 239 g/mol. The molecule has 0 fully saturated rings. The molecule has 0 aliphatic heterocycles. The van der Waals surface area contributed by atoms with E-state index in [-0.39, 0.29) is 6.10 Å². The zero-order valence-electron chi connectivity index (χ0n) is 8.93. The molecule has 0 saturated carbocycles. The van der Waals surface area contributed by atoms with Gasteiger partial charge in [-0.15, -0.1) is 0 Å². The molecule has 2 N–H and O–H groups in total. The molecule has 5 heteroatoms. The minimum absolute atomic E-state index is 0.326. The first-order valence-electron chi connectivity index (χ1n) is 5.18. The van der Waals surface area contributed by atoms with Crippen molar-refractivity contribution in [3.63, 3.8) is 0 Å². The highest BCUT2D eigenvalue weighted by Crippen LogP contribution is 2.34. The fourth-order valence-corrected chi connectivity index (χ4v) is 2.39. The van der Waals surface area contributed by atoms with E-state index in [1.807, 2.05) is 37.4 Å². The average molecular weight is 239 g/mol. The minimum atomic E-state index is -2.90. The van der Waals surface area contributed by atoms with E-state index in [4.69, 9.17) is 9.42 Å². The number of aromatic amines is 1. The third-order valence-corrected chi connectivity index (χ3v) is 3.07. The van der Waals surface area contributed by atoms with Crippen molar-refractivity contribution in [1.82, 2.24) is 4.98 Å². The number of aromatic nitrogens is 1. The topological polar surface area (TPSA) is 62.3 Å². The van der Waals surface area contributed by atoms with Crippen LogP contribution in [-0.2, 0) is 9.09 Å². The van der Waals surface area contributed by atoms with Crippen molar-refractivity contribution < 1.29 is 14.0 Å². The molecule has 2 unspecified atom stereocenters. The zero-order valence-corrected chi connectivity index (χ0v) is 9.93. The highest BCUT2D eigenvalue weighted by molar-refractivity contribution is 7.32. The van der Waals surface area contributed by atoms with Gasteiger partial charge in [0.2, 0.25) is 0 Å². The van der Waals surface area contributed by atoms with Crippen LogP contribution >= 0.6 is 8.25 Å². The summed E-state index contributed by atoms with van der Waals surface area (Å²) >= 11 is 0. The molecule has 0 saturated heterocycles. The van der Waals surface area contributed by atoms with Crippen LogP contribution in [0.2, 0.25) is 0 Å². The molecule has 0 spiro atoms. The fraction of sp³-hybridized carbons (Fsp3) is 0.273. The van der Waals surface area contributed by atoms with E-state index in [2.05, 4.69) is 4.98 Å². The van der Waals surface area contributed by atoms with E-state index >= 15 is 0 Å². The lowest BCUT2D eigenvalue weighted by Gasteiger charge is -2.12. The van der Waals surface area contributed by atoms with Crippen LogP contribution in [0.3, 0.4) is 0 Å². The quantitative estimate of drug-likeness (QED) is 0.806. The van der Waals surface area contributed by atoms with Gasteiger partial charge in [0, 0.05) is 22.7 Å². The largest absolute Gasteiger partial charge is 0.361 e. The summed E-state index contributed by atoms with van der Waals surface area (Å²) in [5.41, 5.74) is 1.95. The summed E-state index contributed by atoms with van der Waals surface area (Å²) in [6.07, 6.45) is 2.18. The van der Waals surface area contributed by atoms with Crippen molar-refractivity contribution in [2.24, 2.45) is 0 Å². The number of nitrogens with one attached hydrogen (secondary N) is 1. The van der Waals surface area contributed by atoms with Crippen LogP contribution in [0.4, 0.5) is 0 Å². The lowest BCUT2D eigenvalue weighted by atomic mass is 10.1. The molecule has 16 heavy (non-hydrogen) atoms. The van der Waals surface area contributed by atoms with E-state index in [0.29, 0.717) is 6.42 Å². The minimum Gasteiger partial charge on any atom is -0.361 e. The summed E-state index contributed by atoms with van der Waals surface area (Å²) in [5, 5.41) is 1.04. The van der Waals surface area contributed by atoms with Crippen molar-refractivity contribution in [2.75, 3.05) is 0 Å². The molecule has 0 aliphatic rings. The van der Waals surface area contributed by atoms with Crippen LogP contribution in [-0.4, -0.2) is 9.88 Å². The van der Waals surface area contributed by atoms with Gasteiger partial charge in [-0.3, -0.25) is 4.57 Å². The van der Waals surface area contributed by atoms with Gasteiger partial charge in [-0.25, -0.2) is 0 Å². The second-order valence-corrected chi connectivity index (χ2v) is 4.34. The summed E-state index contributed by atoms with van der Waals surface area (Å²) in [4.78, 5) is 12.0. The van der Waals surface area contributed by atoms with Gasteiger partial charge in [0.25, 0.3) is 0 Å². The summed E-state index contributed by atoms with van der Waals surface area (Å²) in [6.45, 7) is 1.93. The second-order valence-electron chi connectivity index (χ2n) is 3.57. The molecule has 1 aromatic carbocycles. The van der Waals surface area contributed by atoms with Gasteiger partial charge in [0.1, 0.15) is 0 Å². The normalized spacial score (nSPS) is 15.1. The summed E-state index contributed by atoms with van der Waals surface area (Å²) in [5.74, 6) is 0. The molecule has 0 aliphatic carbocycles. The maximum Gasteiger partial charge on any atom is 0.317 e. The van der Waals surface area contributed by atoms with Gasteiger partial charge >= 0.3 is 8.25 Å². The number of benzene rings is 1. The first-order valence-corrected chi connectivity index (χ1v) is 6.44. The van der Waals surface area contributed by atoms with Crippen LogP contribution in [0.15, 0.2) is 30.5 Å². The second kappa shape index (κ2) is 4.83. The highest BCUT2D eigenvalue weighted by atomic mass is 31.1. The maximum absolute atomic E-state index is 10.8. The van der Waals surface area contributed by atoms with Gasteiger partial charge in [0.05, 0.1) is 6.10 Å². The van der Waals surface area contributed by atoms with E-state index in [9.17, 15) is 4.57 Å². The molecule has 1 aromatic heterocycles. The van der Waals surface area contributed by atoms with Crippen molar-refractivity contribution in [1.29, 1.82) is 0 Å². The lowest BCUT2D eigenvalue weighted by molar-refractivity contribution is 0.188. The van der Waals surface area contributed by atoms with E-state index in [1.54, 1.807) is 0 Å².